The summed E-state index contributed by atoms with van der Waals surface area (Å²) >= 11 is 0. The van der Waals surface area contributed by atoms with E-state index in [0.717, 1.165) is 48.8 Å². The van der Waals surface area contributed by atoms with Gasteiger partial charge in [-0.25, -0.2) is 4.79 Å². The zero-order valence-corrected chi connectivity index (χ0v) is 17.8. The third kappa shape index (κ3) is 9.33. The molecule has 1 aromatic carbocycles. The number of benzene rings is 1. The SMILES string of the molecule is O=C(O)C(F)(F)F.O=C(O)CC1CCc2cc(OCCCCC3CCNCC3)ccc2O1. The molecule has 0 amide bonds. The lowest BCUT2D eigenvalue weighted by Gasteiger charge is -2.25. The van der Waals surface area contributed by atoms with Crippen LogP contribution in [0.3, 0.4) is 0 Å². The number of rotatable bonds is 8. The molecule has 180 valence electrons. The summed E-state index contributed by atoms with van der Waals surface area (Å²) < 4.78 is 43.4. The molecule has 3 rings (SSSR count). The average Bonchev–Trinajstić information content (AvgIpc) is 2.73. The Kier molecular flexibility index (Phi) is 10.1. The predicted molar refractivity (Wildman–Crippen MR) is 110 cm³/mol. The number of piperidine rings is 1. The second-order valence-corrected chi connectivity index (χ2v) is 7.99. The first-order valence-electron chi connectivity index (χ1n) is 10.8. The van der Waals surface area contributed by atoms with Crippen LogP contribution in [0, 0.1) is 5.92 Å². The Balaban J connectivity index is 0.000000451. The van der Waals surface area contributed by atoms with Crippen molar-refractivity contribution in [2.24, 2.45) is 5.92 Å². The number of unbranched alkanes of at least 4 members (excludes halogenated alkanes) is 1. The van der Waals surface area contributed by atoms with Crippen LogP contribution >= 0.6 is 0 Å². The average molecular weight is 461 g/mol. The van der Waals surface area contributed by atoms with E-state index in [2.05, 4.69) is 5.32 Å². The highest BCUT2D eigenvalue weighted by molar-refractivity contribution is 5.73. The number of carboxylic acid groups (broad SMARTS) is 2. The third-order valence-electron chi connectivity index (χ3n) is 5.44. The molecule has 7 nitrogen and oxygen atoms in total. The van der Waals surface area contributed by atoms with E-state index >= 15 is 0 Å². The van der Waals surface area contributed by atoms with Gasteiger partial charge in [-0.2, -0.15) is 13.2 Å². The van der Waals surface area contributed by atoms with Gasteiger partial charge in [0.25, 0.3) is 0 Å². The van der Waals surface area contributed by atoms with Gasteiger partial charge < -0.3 is 25.0 Å². The van der Waals surface area contributed by atoms with Gasteiger partial charge in [0.2, 0.25) is 0 Å². The molecular formula is C22H30F3NO6. The van der Waals surface area contributed by atoms with Crippen LogP contribution in [-0.4, -0.2) is 54.1 Å². The summed E-state index contributed by atoms with van der Waals surface area (Å²) in [4.78, 5) is 19.7. The second kappa shape index (κ2) is 12.5. The van der Waals surface area contributed by atoms with Crippen molar-refractivity contribution in [3.63, 3.8) is 0 Å². The van der Waals surface area contributed by atoms with Gasteiger partial charge in [-0.15, -0.1) is 0 Å². The third-order valence-corrected chi connectivity index (χ3v) is 5.44. The fraction of sp³-hybridized carbons (Fsp3) is 0.636. The summed E-state index contributed by atoms with van der Waals surface area (Å²) in [6.07, 6.45) is 2.63. The van der Waals surface area contributed by atoms with Gasteiger partial charge in [0.15, 0.2) is 0 Å². The van der Waals surface area contributed by atoms with Gasteiger partial charge >= 0.3 is 18.1 Å². The van der Waals surface area contributed by atoms with Crippen LogP contribution in [0.5, 0.6) is 11.5 Å². The van der Waals surface area contributed by atoms with Crippen LogP contribution in [0.4, 0.5) is 13.2 Å². The zero-order valence-electron chi connectivity index (χ0n) is 17.8. The normalized spacial score (nSPS) is 18.5. The largest absolute Gasteiger partial charge is 0.494 e. The Morgan fingerprint density at radius 3 is 2.44 bits per heavy atom. The van der Waals surface area contributed by atoms with Crippen molar-refractivity contribution >= 4 is 11.9 Å². The summed E-state index contributed by atoms with van der Waals surface area (Å²) in [5, 5.41) is 19.4. The molecule has 1 unspecified atom stereocenters. The van der Waals surface area contributed by atoms with E-state index < -0.39 is 18.1 Å². The van der Waals surface area contributed by atoms with Gasteiger partial charge in [0, 0.05) is 0 Å². The molecular weight excluding hydrogens is 431 g/mol. The van der Waals surface area contributed by atoms with Crippen molar-refractivity contribution in [3.05, 3.63) is 23.8 Å². The van der Waals surface area contributed by atoms with Gasteiger partial charge in [-0.3, -0.25) is 4.79 Å². The van der Waals surface area contributed by atoms with E-state index in [9.17, 15) is 18.0 Å². The Bertz CT molecular complexity index is 750. The van der Waals surface area contributed by atoms with Crippen LogP contribution in [0.15, 0.2) is 18.2 Å². The molecule has 2 heterocycles. The molecule has 0 spiro atoms. The van der Waals surface area contributed by atoms with E-state index in [-0.39, 0.29) is 12.5 Å². The maximum Gasteiger partial charge on any atom is 0.490 e. The number of aryl methyl sites for hydroxylation is 1. The van der Waals surface area contributed by atoms with Gasteiger partial charge in [0.1, 0.15) is 17.6 Å². The summed E-state index contributed by atoms with van der Waals surface area (Å²) in [5.74, 6) is -0.983. The Morgan fingerprint density at radius 2 is 1.81 bits per heavy atom. The van der Waals surface area contributed by atoms with Crippen molar-refractivity contribution in [1.82, 2.24) is 5.32 Å². The lowest BCUT2D eigenvalue weighted by atomic mass is 9.93. The first-order chi connectivity index (χ1) is 15.1. The molecule has 32 heavy (non-hydrogen) atoms. The molecule has 0 radical (unpaired) electrons. The molecule has 0 saturated carbocycles. The Morgan fingerprint density at radius 1 is 1.12 bits per heavy atom. The molecule has 1 atom stereocenters. The molecule has 2 aliphatic heterocycles. The highest BCUT2D eigenvalue weighted by atomic mass is 19.4. The van der Waals surface area contributed by atoms with E-state index in [1.54, 1.807) is 0 Å². The number of carboxylic acids is 2. The van der Waals surface area contributed by atoms with Crippen LogP contribution in [0.1, 0.15) is 50.5 Å². The van der Waals surface area contributed by atoms with Gasteiger partial charge in [-0.1, -0.05) is 6.42 Å². The predicted octanol–water partition coefficient (Wildman–Crippen LogP) is 4.04. The quantitative estimate of drug-likeness (QED) is 0.502. The van der Waals surface area contributed by atoms with Gasteiger partial charge in [-0.05, 0) is 81.3 Å². The van der Waals surface area contributed by atoms with E-state index in [1.807, 2.05) is 18.2 Å². The van der Waals surface area contributed by atoms with Crippen molar-refractivity contribution in [3.8, 4) is 11.5 Å². The smallest absolute Gasteiger partial charge is 0.490 e. The molecule has 0 bridgehead atoms. The summed E-state index contributed by atoms with van der Waals surface area (Å²) in [7, 11) is 0. The topological polar surface area (TPSA) is 105 Å². The monoisotopic (exact) mass is 461 g/mol. The summed E-state index contributed by atoms with van der Waals surface area (Å²) in [5.41, 5.74) is 1.12. The number of nitrogens with one attached hydrogen (secondary N) is 1. The lowest BCUT2D eigenvalue weighted by molar-refractivity contribution is -0.192. The fourth-order valence-electron chi connectivity index (χ4n) is 3.74. The Hall–Kier alpha value is -2.49. The number of fused-ring (bicyclic) bond motifs is 1. The van der Waals surface area contributed by atoms with Gasteiger partial charge in [0.05, 0.1) is 13.0 Å². The van der Waals surface area contributed by atoms with Crippen LogP contribution in [0.25, 0.3) is 0 Å². The summed E-state index contributed by atoms with van der Waals surface area (Å²) in [6.45, 7) is 3.10. The molecule has 1 aromatic rings. The molecule has 1 saturated heterocycles. The van der Waals surface area contributed by atoms with E-state index in [0.29, 0.717) is 0 Å². The highest BCUT2D eigenvalue weighted by Crippen LogP contribution is 2.32. The maximum atomic E-state index is 10.8. The number of halogens is 3. The standard InChI is InChI=1S/C20H29NO4.C2HF3O2/c22-20(23)14-18-5-4-16-13-17(6-7-19(16)25-18)24-12-2-1-3-15-8-10-21-11-9-15;3-2(4,5)1(6)7/h6-7,13,15,18,21H,1-5,8-12,14H2,(H,22,23);(H,6,7). The number of carbonyl (C=O) groups is 2. The van der Waals surface area contributed by atoms with Crippen molar-refractivity contribution in [1.29, 1.82) is 0 Å². The number of alkyl halides is 3. The van der Waals surface area contributed by atoms with Crippen LogP contribution in [-0.2, 0) is 16.0 Å². The lowest BCUT2D eigenvalue weighted by Crippen LogP contribution is -2.27. The first kappa shape index (κ1) is 25.8. The molecule has 0 aromatic heterocycles. The maximum absolute atomic E-state index is 10.8. The second-order valence-electron chi connectivity index (χ2n) is 7.99. The van der Waals surface area contributed by atoms with Crippen LogP contribution in [0.2, 0.25) is 0 Å². The zero-order chi connectivity index (χ0) is 23.6. The number of aliphatic carboxylic acids is 2. The first-order valence-corrected chi connectivity index (χ1v) is 10.8. The highest BCUT2D eigenvalue weighted by Gasteiger charge is 2.38. The Labute approximate surface area is 184 Å². The molecule has 2 aliphatic rings. The molecule has 1 fully saturated rings. The molecule has 3 N–H and O–H groups in total. The van der Waals surface area contributed by atoms with Crippen molar-refractivity contribution in [2.75, 3.05) is 19.7 Å². The fourth-order valence-corrected chi connectivity index (χ4v) is 3.74. The minimum Gasteiger partial charge on any atom is -0.494 e. The minimum atomic E-state index is -5.08. The number of hydrogen-bond acceptors (Lipinski definition) is 5. The molecule has 0 aliphatic carbocycles. The van der Waals surface area contributed by atoms with E-state index in [1.165, 1.54) is 38.8 Å². The summed E-state index contributed by atoms with van der Waals surface area (Å²) in [6, 6.07) is 5.88. The molecule has 10 heteroatoms. The van der Waals surface area contributed by atoms with Crippen molar-refractivity contribution < 1.29 is 42.4 Å². The van der Waals surface area contributed by atoms with Crippen LogP contribution < -0.4 is 14.8 Å². The van der Waals surface area contributed by atoms with E-state index in [4.69, 9.17) is 24.5 Å². The number of ether oxygens (including phenoxy) is 2. The minimum absolute atomic E-state index is 0.0642. The number of hydrogen-bond donors (Lipinski definition) is 3. The van der Waals surface area contributed by atoms with Crippen molar-refractivity contribution in [2.45, 2.75) is 63.6 Å².